The number of carbonyl (C=O) groups is 1. The third-order valence-electron chi connectivity index (χ3n) is 1.89. The number of carboxylic acids is 1. The summed E-state index contributed by atoms with van der Waals surface area (Å²) >= 11 is 0. The summed E-state index contributed by atoms with van der Waals surface area (Å²) in [6.07, 6.45) is 0.528. The lowest BCUT2D eigenvalue weighted by molar-refractivity contribution is -0.649. The minimum absolute atomic E-state index is 0.0749. The molecule has 0 atom stereocenters. The normalized spacial score (nSPS) is 10.1. The summed E-state index contributed by atoms with van der Waals surface area (Å²) in [5, 5.41) is 11.6. The molecule has 1 aromatic carbocycles. The van der Waals surface area contributed by atoms with Crippen LogP contribution < -0.4 is 10.4 Å². The first-order valence-corrected chi connectivity index (χ1v) is 4.45. The average Bonchev–Trinajstić information content (AvgIpc) is 2.15. The summed E-state index contributed by atoms with van der Waals surface area (Å²) in [4.78, 5) is 10.1. The molecule has 1 aromatic rings. The van der Waals surface area contributed by atoms with Gasteiger partial charge in [-0.2, -0.15) is 0 Å². The SMILES string of the molecule is O=C([O-])C[NH2+]CCc1ccccc1F. The van der Waals surface area contributed by atoms with Crippen LogP contribution in [0.4, 0.5) is 4.39 Å². The summed E-state index contributed by atoms with van der Waals surface area (Å²) in [5.74, 6) is -1.34. The van der Waals surface area contributed by atoms with Gasteiger partial charge in [0.1, 0.15) is 12.4 Å². The minimum atomic E-state index is -1.10. The van der Waals surface area contributed by atoms with Crippen molar-refractivity contribution in [1.82, 2.24) is 0 Å². The molecule has 0 aliphatic heterocycles. The first-order chi connectivity index (χ1) is 6.70. The Hall–Kier alpha value is -1.42. The van der Waals surface area contributed by atoms with Crippen molar-refractivity contribution in [2.24, 2.45) is 0 Å². The number of aliphatic carboxylic acids is 1. The molecule has 3 nitrogen and oxygen atoms in total. The van der Waals surface area contributed by atoms with E-state index in [1.54, 1.807) is 23.5 Å². The van der Waals surface area contributed by atoms with Gasteiger partial charge >= 0.3 is 0 Å². The van der Waals surface area contributed by atoms with E-state index in [1.165, 1.54) is 6.07 Å². The van der Waals surface area contributed by atoms with Crippen molar-refractivity contribution in [2.75, 3.05) is 13.1 Å². The zero-order valence-electron chi connectivity index (χ0n) is 7.70. The summed E-state index contributed by atoms with van der Waals surface area (Å²) < 4.78 is 13.0. The lowest BCUT2D eigenvalue weighted by Crippen LogP contribution is -2.87. The Kier molecular flexibility index (Phi) is 4.07. The van der Waals surface area contributed by atoms with Crippen LogP contribution in [0.1, 0.15) is 5.56 Å². The van der Waals surface area contributed by atoms with Gasteiger partial charge in [-0.15, -0.1) is 0 Å². The predicted octanol–water partition coefficient (Wildman–Crippen LogP) is -1.32. The van der Waals surface area contributed by atoms with Gasteiger partial charge in [0, 0.05) is 6.42 Å². The van der Waals surface area contributed by atoms with Gasteiger partial charge in [0.25, 0.3) is 0 Å². The Bertz CT molecular complexity index is 315. The number of carbonyl (C=O) groups excluding carboxylic acids is 1. The highest BCUT2D eigenvalue weighted by atomic mass is 19.1. The number of carboxylic acid groups (broad SMARTS) is 1. The van der Waals surface area contributed by atoms with Crippen LogP contribution in [-0.4, -0.2) is 19.1 Å². The van der Waals surface area contributed by atoms with Crippen molar-refractivity contribution in [3.63, 3.8) is 0 Å². The molecule has 0 aromatic heterocycles. The van der Waals surface area contributed by atoms with Gasteiger partial charge in [-0.05, 0) is 11.6 Å². The van der Waals surface area contributed by atoms with Gasteiger partial charge in [0.2, 0.25) is 0 Å². The number of quaternary nitrogens is 1. The summed E-state index contributed by atoms with van der Waals surface area (Å²) in [6, 6.07) is 6.48. The molecule has 0 fully saturated rings. The van der Waals surface area contributed by atoms with Crippen molar-refractivity contribution >= 4 is 5.97 Å². The van der Waals surface area contributed by atoms with E-state index in [1.807, 2.05) is 0 Å². The molecule has 0 saturated carbocycles. The summed E-state index contributed by atoms with van der Waals surface area (Å²) in [6.45, 7) is 0.476. The maximum absolute atomic E-state index is 13.0. The van der Waals surface area contributed by atoms with Crippen molar-refractivity contribution in [3.05, 3.63) is 35.6 Å². The molecule has 4 heteroatoms. The number of hydrogen-bond acceptors (Lipinski definition) is 2. The van der Waals surface area contributed by atoms with E-state index in [9.17, 15) is 14.3 Å². The molecule has 0 heterocycles. The van der Waals surface area contributed by atoms with Crippen LogP contribution >= 0.6 is 0 Å². The first kappa shape index (κ1) is 10.7. The molecule has 0 radical (unpaired) electrons. The highest BCUT2D eigenvalue weighted by molar-refractivity contribution is 5.64. The highest BCUT2D eigenvalue weighted by Crippen LogP contribution is 2.05. The molecular weight excluding hydrogens is 185 g/mol. The van der Waals surface area contributed by atoms with Crippen LogP contribution in [0.15, 0.2) is 24.3 Å². The van der Waals surface area contributed by atoms with Crippen LogP contribution in [0.5, 0.6) is 0 Å². The lowest BCUT2D eigenvalue weighted by atomic mass is 10.1. The molecule has 1 rings (SSSR count). The molecule has 0 unspecified atom stereocenters. The van der Waals surface area contributed by atoms with Crippen LogP contribution in [-0.2, 0) is 11.2 Å². The Morgan fingerprint density at radius 1 is 1.43 bits per heavy atom. The predicted molar refractivity (Wildman–Crippen MR) is 46.8 cm³/mol. The fraction of sp³-hybridized carbons (Fsp3) is 0.300. The summed E-state index contributed by atoms with van der Waals surface area (Å²) in [5.41, 5.74) is 0.613. The highest BCUT2D eigenvalue weighted by Gasteiger charge is 2.00. The molecule has 0 amide bonds. The van der Waals surface area contributed by atoms with E-state index < -0.39 is 5.97 Å². The molecule has 0 aliphatic rings. The number of hydrogen-bond donors (Lipinski definition) is 1. The van der Waals surface area contributed by atoms with Crippen LogP contribution in [0.25, 0.3) is 0 Å². The quantitative estimate of drug-likeness (QED) is 0.595. The van der Waals surface area contributed by atoms with Gasteiger partial charge in [-0.1, -0.05) is 18.2 Å². The maximum atomic E-state index is 13.0. The van der Waals surface area contributed by atoms with Gasteiger partial charge in [-0.3, -0.25) is 0 Å². The second kappa shape index (κ2) is 5.34. The van der Waals surface area contributed by atoms with Gasteiger partial charge in [-0.25, -0.2) is 4.39 Å². The number of nitrogens with two attached hydrogens (primary N) is 1. The maximum Gasteiger partial charge on any atom is 0.126 e. The van der Waals surface area contributed by atoms with Crippen molar-refractivity contribution < 1.29 is 19.6 Å². The minimum Gasteiger partial charge on any atom is -0.544 e. The molecule has 0 saturated heterocycles. The lowest BCUT2D eigenvalue weighted by Gasteiger charge is -2.03. The number of benzene rings is 1. The standard InChI is InChI=1S/C10H12FNO2/c11-9-4-2-1-3-8(9)5-6-12-7-10(13)14/h1-4,12H,5-7H2,(H,13,14). The molecule has 0 aliphatic carbocycles. The van der Waals surface area contributed by atoms with E-state index in [0.717, 1.165) is 0 Å². The van der Waals surface area contributed by atoms with Gasteiger partial charge < -0.3 is 15.2 Å². The van der Waals surface area contributed by atoms with E-state index in [0.29, 0.717) is 18.5 Å². The Labute approximate surface area is 81.6 Å². The molecular formula is C10H12FNO2. The van der Waals surface area contributed by atoms with E-state index >= 15 is 0 Å². The molecule has 76 valence electrons. The van der Waals surface area contributed by atoms with Gasteiger partial charge in [0.15, 0.2) is 0 Å². The van der Waals surface area contributed by atoms with Crippen molar-refractivity contribution in [2.45, 2.75) is 6.42 Å². The smallest absolute Gasteiger partial charge is 0.126 e. The van der Waals surface area contributed by atoms with Crippen LogP contribution in [0.3, 0.4) is 0 Å². The van der Waals surface area contributed by atoms with E-state index in [4.69, 9.17) is 0 Å². The zero-order chi connectivity index (χ0) is 10.4. The molecule has 0 spiro atoms. The topological polar surface area (TPSA) is 56.7 Å². The average molecular weight is 197 g/mol. The van der Waals surface area contributed by atoms with E-state index in [-0.39, 0.29) is 12.4 Å². The fourth-order valence-corrected chi connectivity index (χ4v) is 1.18. The van der Waals surface area contributed by atoms with Crippen molar-refractivity contribution in [1.29, 1.82) is 0 Å². The largest absolute Gasteiger partial charge is 0.544 e. The fourth-order valence-electron chi connectivity index (χ4n) is 1.18. The monoisotopic (exact) mass is 197 g/mol. The molecule has 2 N–H and O–H groups in total. The van der Waals surface area contributed by atoms with Gasteiger partial charge in [0.05, 0.1) is 12.5 Å². The number of halogens is 1. The van der Waals surface area contributed by atoms with Crippen LogP contribution in [0.2, 0.25) is 0 Å². The third kappa shape index (κ3) is 3.53. The summed E-state index contributed by atoms with van der Waals surface area (Å²) in [7, 11) is 0. The first-order valence-electron chi connectivity index (χ1n) is 4.45. The van der Waals surface area contributed by atoms with E-state index in [2.05, 4.69) is 0 Å². The second-order valence-corrected chi connectivity index (χ2v) is 2.99. The second-order valence-electron chi connectivity index (χ2n) is 2.99. The molecule has 14 heavy (non-hydrogen) atoms. The number of rotatable bonds is 5. The van der Waals surface area contributed by atoms with Crippen molar-refractivity contribution in [3.8, 4) is 0 Å². The third-order valence-corrected chi connectivity index (χ3v) is 1.89. The molecule has 0 bridgehead atoms. The Morgan fingerprint density at radius 3 is 2.79 bits per heavy atom. The Morgan fingerprint density at radius 2 is 2.14 bits per heavy atom. The Balaban J connectivity index is 2.31. The zero-order valence-corrected chi connectivity index (χ0v) is 7.70. The van der Waals surface area contributed by atoms with Crippen LogP contribution in [0, 0.1) is 5.82 Å².